The average Bonchev–Trinajstić information content (AvgIpc) is 2.58. The Bertz CT molecular complexity index is 940. The van der Waals surface area contributed by atoms with Crippen molar-refractivity contribution in [2.24, 2.45) is 0 Å². The molecule has 3 rings (SSSR count). The van der Waals surface area contributed by atoms with E-state index in [1.807, 2.05) is 0 Å². The fourth-order valence-corrected chi connectivity index (χ4v) is 3.90. The van der Waals surface area contributed by atoms with Crippen LogP contribution in [-0.4, -0.2) is 35.1 Å². The van der Waals surface area contributed by atoms with Gasteiger partial charge in [-0.05, 0) is 36.8 Å². The number of benzene rings is 2. The molecule has 2 aromatic carbocycles. The maximum atomic E-state index is 12.8. The molecule has 1 amide bonds. The number of hydrogen-bond donors (Lipinski definition) is 1. The molecule has 7 nitrogen and oxygen atoms in total. The van der Waals surface area contributed by atoms with Gasteiger partial charge in [-0.25, -0.2) is 8.42 Å². The molecule has 0 atom stereocenters. The molecular weight excluding hydrogens is 344 g/mol. The number of sulfonamides is 1. The Hall–Kier alpha value is -2.74. The van der Waals surface area contributed by atoms with Gasteiger partial charge in [0.2, 0.25) is 0 Å². The van der Waals surface area contributed by atoms with Gasteiger partial charge < -0.3 is 14.4 Å². The van der Waals surface area contributed by atoms with Gasteiger partial charge in [-0.1, -0.05) is 12.1 Å². The Morgan fingerprint density at radius 3 is 2.72 bits per heavy atom. The lowest BCUT2D eigenvalue weighted by atomic mass is 10.2. The van der Waals surface area contributed by atoms with E-state index in [1.165, 1.54) is 18.1 Å². The SMILES string of the molecule is COc1ccc(C)cc1S(=O)(=O)Nc1cccc2c1OCC(=O)N2C. The van der Waals surface area contributed by atoms with Crippen molar-refractivity contribution < 1.29 is 22.7 Å². The molecule has 0 saturated heterocycles. The summed E-state index contributed by atoms with van der Waals surface area (Å²) in [7, 11) is -0.870. The Labute approximate surface area is 146 Å². The Morgan fingerprint density at radius 2 is 2.00 bits per heavy atom. The van der Waals surface area contributed by atoms with E-state index in [-0.39, 0.29) is 28.8 Å². The maximum Gasteiger partial charge on any atom is 0.265 e. The zero-order valence-corrected chi connectivity index (χ0v) is 14.9. The number of carbonyl (C=O) groups excluding carboxylic acids is 1. The van der Waals surface area contributed by atoms with Gasteiger partial charge in [-0.15, -0.1) is 0 Å². The molecule has 1 aliphatic rings. The van der Waals surface area contributed by atoms with Crippen LogP contribution in [0.3, 0.4) is 0 Å². The molecule has 0 fully saturated rings. The quantitative estimate of drug-likeness (QED) is 0.901. The fraction of sp³-hybridized carbons (Fsp3) is 0.235. The van der Waals surface area contributed by atoms with Crippen molar-refractivity contribution in [2.45, 2.75) is 11.8 Å². The van der Waals surface area contributed by atoms with Gasteiger partial charge in [0, 0.05) is 7.05 Å². The number of hydrogen-bond acceptors (Lipinski definition) is 5. The average molecular weight is 362 g/mol. The highest BCUT2D eigenvalue weighted by atomic mass is 32.2. The molecule has 8 heteroatoms. The summed E-state index contributed by atoms with van der Waals surface area (Å²) in [4.78, 5) is 13.2. The van der Waals surface area contributed by atoms with Crippen LogP contribution >= 0.6 is 0 Å². The van der Waals surface area contributed by atoms with Gasteiger partial charge in [0.05, 0.1) is 18.5 Å². The molecule has 0 radical (unpaired) electrons. The molecule has 0 unspecified atom stereocenters. The topological polar surface area (TPSA) is 84.9 Å². The summed E-state index contributed by atoms with van der Waals surface area (Å²) in [6, 6.07) is 9.84. The lowest BCUT2D eigenvalue weighted by Crippen LogP contribution is -2.35. The number of anilines is 2. The lowest BCUT2D eigenvalue weighted by molar-refractivity contribution is -0.120. The smallest absolute Gasteiger partial charge is 0.265 e. The van der Waals surface area contributed by atoms with Crippen molar-refractivity contribution in [3.63, 3.8) is 0 Å². The van der Waals surface area contributed by atoms with Gasteiger partial charge >= 0.3 is 0 Å². The Morgan fingerprint density at radius 1 is 1.24 bits per heavy atom. The summed E-state index contributed by atoms with van der Waals surface area (Å²) in [6.07, 6.45) is 0. The fourth-order valence-electron chi connectivity index (χ4n) is 2.58. The number of nitrogens with one attached hydrogen (secondary N) is 1. The molecule has 1 heterocycles. The number of para-hydroxylation sites is 1. The van der Waals surface area contributed by atoms with E-state index in [0.29, 0.717) is 11.4 Å². The van der Waals surface area contributed by atoms with E-state index in [1.54, 1.807) is 44.3 Å². The molecule has 2 aromatic rings. The van der Waals surface area contributed by atoms with Crippen LogP contribution < -0.4 is 19.1 Å². The minimum absolute atomic E-state index is 0.0350. The second-order valence-corrected chi connectivity index (χ2v) is 7.31. The maximum absolute atomic E-state index is 12.8. The number of carbonyl (C=O) groups is 1. The Kier molecular flexibility index (Phi) is 4.30. The number of amides is 1. The van der Waals surface area contributed by atoms with Crippen LogP contribution in [0.5, 0.6) is 11.5 Å². The first kappa shape index (κ1) is 17.1. The summed E-state index contributed by atoms with van der Waals surface area (Å²) in [5.74, 6) is 0.365. The highest BCUT2D eigenvalue weighted by Crippen LogP contribution is 2.39. The summed E-state index contributed by atoms with van der Waals surface area (Å²) in [6.45, 7) is 1.66. The van der Waals surface area contributed by atoms with Crippen molar-refractivity contribution >= 4 is 27.3 Å². The van der Waals surface area contributed by atoms with Crippen molar-refractivity contribution in [3.05, 3.63) is 42.0 Å². The molecular formula is C17H18N2O5S. The third-order valence-electron chi connectivity index (χ3n) is 3.92. The first-order valence-electron chi connectivity index (χ1n) is 7.53. The standard InChI is InChI=1S/C17H18N2O5S/c1-11-7-8-14(23-3)15(9-11)25(21,22)18-12-5-4-6-13-17(12)24-10-16(20)19(13)2/h4-9,18H,10H2,1-3H3. The predicted molar refractivity (Wildman–Crippen MR) is 93.9 cm³/mol. The van der Waals surface area contributed by atoms with Gasteiger partial charge in [0.15, 0.2) is 12.4 Å². The van der Waals surface area contributed by atoms with Gasteiger partial charge in [0.1, 0.15) is 10.6 Å². The van der Waals surface area contributed by atoms with Crippen LogP contribution in [0.1, 0.15) is 5.56 Å². The third-order valence-corrected chi connectivity index (χ3v) is 5.31. The molecule has 1 N–H and O–H groups in total. The van der Waals surface area contributed by atoms with Crippen molar-refractivity contribution in [1.29, 1.82) is 0 Å². The van der Waals surface area contributed by atoms with Gasteiger partial charge in [0.25, 0.3) is 15.9 Å². The zero-order chi connectivity index (χ0) is 18.2. The number of nitrogens with zero attached hydrogens (tertiary/aromatic N) is 1. The number of methoxy groups -OCH3 is 1. The van der Waals surface area contributed by atoms with E-state index in [2.05, 4.69) is 4.72 Å². The molecule has 132 valence electrons. The number of rotatable bonds is 4. The molecule has 0 aliphatic carbocycles. The molecule has 0 saturated carbocycles. The minimum Gasteiger partial charge on any atom is -0.495 e. The lowest BCUT2D eigenvalue weighted by Gasteiger charge is -2.27. The van der Waals surface area contributed by atoms with E-state index in [0.717, 1.165) is 5.56 Å². The third kappa shape index (κ3) is 3.12. The molecule has 0 spiro atoms. The van der Waals surface area contributed by atoms with E-state index in [4.69, 9.17) is 9.47 Å². The van der Waals surface area contributed by atoms with E-state index in [9.17, 15) is 13.2 Å². The number of likely N-dealkylation sites (N-methyl/N-ethyl adjacent to an activating group) is 1. The molecule has 25 heavy (non-hydrogen) atoms. The van der Waals surface area contributed by atoms with Gasteiger partial charge in [-0.3, -0.25) is 9.52 Å². The second-order valence-electron chi connectivity index (χ2n) is 5.66. The molecule has 0 aromatic heterocycles. The minimum atomic E-state index is -3.90. The van der Waals surface area contributed by atoms with Crippen LogP contribution in [0.25, 0.3) is 0 Å². The van der Waals surface area contributed by atoms with Gasteiger partial charge in [-0.2, -0.15) is 0 Å². The number of aryl methyl sites for hydroxylation is 1. The molecule has 0 bridgehead atoms. The monoisotopic (exact) mass is 362 g/mol. The summed E-state index contributed by atoms with van der Waals surface area (Å²) < 4.78 is 38.8. The zero-order valence-electron chi connectivity index (χ0n) is 14.1. The largest absolute Gasteiger partial charge is 0.495 e. The van der Waals surface area contributed by atoms with Crippen molar-refractivity contribution in [3.8, 4) is 11.5 Å². The first-order chi connectivity index (χ1) is 11.8. The van der Waals surface area contributed by atoms with Crippen LogP contribution in [0.15, 0.2) is 41.3 Å². The number of ether oxygens (including phenoxy) is 2. The van der Waals surface area contributed by atoms with Crippen molar-refractivity contribution in [2.75, 3.05) is 30.4 Å². The highest BCUT2D eigenvalue weighted by Gasteiger charge is 2.27. The normalized spacial score (nSPS) is 13.9. The summed E-state index contributed by atoms with van der Waals surface area (Å²) in [5.41, 5.74) is 1.56. The Balaban J connectivity index is 2.04. The molecule has 1 aliphatic heterocycles. The van der Waals surface area contributed by atoms with Crippen LogP contribution in [0.4, 0.5) is 11.4 Å². The van der Waals surface area contributed by atoms with E-state index < -0.39 is 10.0 Å². The number of fused-ring (bicyclic) bond motifs is 1. The predicted octanol–water partition coefficient (Wildman–Crippen LogP) is 2.16. The van der Waals surface area contributed by atoms with E-state index >= 15 is 0 Å². The highest BCUT2D eigenvalue weighted by molar-refractivity contribution is 7.92. The first-order valence-corrected chi connectivity index (χ1v) is 9.01. The van der Waals surface area contributed by atoms with Crippen LogP contribution in [0.2, 0.25) is 0 Å². The van der Waals surface area contributed by atoms with Crippen molar-refractivity contribution in [1.82, 2.24) is 0 Å². The van der Waals surface area contributed by atoms with Crippen LogP contribution in [-0.2, 0) is 14.8 Å². The summed E-state index contributed by atoms with van der Waals surface area (Å²) >= 11 is 0. The van der Waals surface area contributed by atoms with Crippen LogP contribution in [0, 0.1) is 6.92 Å². The second kappa shape index (κ2) is 6.29. The summed E-state index contributed by atoms with van der Waals surface area (Å²) in [5, 5.41) is 0.